The van der Waals surface area contributed by atoms with Gasteiger partial charge in [-0.2, -0.15) is 0 Å². The second kappa shape index (κ2) is 9.66. The van der Waals surface area contributed by atoms with E-state index in [-0.39, 0.29) is 5.54 Å². The van der Waals surface area contributed by atoms with Crippen LogP contribution < -0.4 is 5.73 Å². The van der Waals surface area contributed by atoms with E-state index in [2.05, 4.69) is 4.90 Å². The second-order valence-corrected chi connectivity index (χ2v) is 5.14. The molecule has 114 valence electrons. The summed E-state index contributed by atoms with van der Waals surface area (Å²) < 4.78 is 16.3. The molecule has 5 nitrogen and oxygen atoms in total. The Bertz CT molecular complexity index is 211. The Morgan fingerprint density at radius 1 is 1.05 bits per heavy atom. The molecule has 0 unspecified atom stereocenters. The average molecular weight is 274 g/mol. The quantitative estimate of drug-likeness (QED) is 0.599. The fourth-order valence-corrected chi connectivity index (χ4v) is 2.33. The van der Waals surface area contributed by atoms with Crippen LogP contribution in [0.25, 0.3) is 0 Å². The van der Waals surface area contributed by atoms with Crippen molar-refractivity contribution in [3.63, 3.8) is 0 Å². The zero-order chi connectivity index (χ0) is 14.0. The van der Waals surface area contributed by atoms with Crippen LogP contribution in [0.4, 0.5) is 0 Å². The van der Waals surface area contributed by atoms with Gasteiger partial charge in [0, 0.05) is 51.6 Å². The maximum atomic E-state index is 6.47. The van der Waals surface area contributed by atoms with Crippen molar-refractivity contribution < 1.29 is 14.2 Å². The van der Waals surface area contributed by atoms with Gasteiger partial charge in [0.25, 0.3) is 0 Å². The molecule has 0 spiro atoms. The van der Waals surface area contributed by atoms with Crippen molar-refractivity contribution in [2.24, 2.45) is 5.73 Å². The molecule has 1 fully saturated rings. The van der Waals surface area contributed by atoms with Crippen LogP contribution in [0.5, 0.6) is 0 Å². The van der Waals surface area contributed by atoms with Gasteiger partial charge in [-0.25, -0.2) is 0 Å². The summed E-state index contributed by atoms with van der Waals surface area (Å²) in [7, 11) is 0. The molecule has 0 aromatic rings. The van der Waals surface area contributed by atoms with Gasteiger partial charge in [0.1, 0.15) is 0 Å². The summed E-state index contributed by atoms with van der Waals surface area (Å²) in [6.45, 7) is 11.4. The largest absolute Gasteiger partial charge is 0.381 e. The third kappa shape index (κ3) is 7.22. The summed E-state index contributed by atoms with van der Waals surface area (Å²) in [6.07, 6.45) is 1.87. The number of nitrogens with two attached hydrogens (primary N) is 1. The Morgan fingerprint density at radius 3 is 2.05 bits per heavy atom. The number of nitrogens with zero attached hydrogens (tertiary/aromatic N) is 1. The molecule has 5 heteroatoms. The molecule has 1 saturated heterocycles. The van der Waals surface area contributed by atoms with E-state index >= 15 is 0 Å². The molecule has 1 aliphatic rings. The first-order chi connectivity index (χ1) is 9.20. The van der Waals surface area contributed by atoms with Crippen LogP contribution in [-0.2, 0) is 14.2 Å². The van der Waals surface area contributed by atoms with Crippen LogP contribution in [0.1, 0.15) is 26.7 Å². The number of ether oxygens (including phenoxy) is 3. The Balaban J connectivity index is 2.36. The molecular weight excluding hydrogens is 244 g/mol. The molecule has 0 bridgehead atoms. The van der Waals surface area contributed by atoms with E-state index in [0.717, 1.165) is 72.1 Å². The first kappa shape index (κ1) is 16.9. The molecule has 0 aliphatic carbocycles. The molecule has 1 heterocycles. The maximum absolute atomic E-state index is 6.47. The summed E-state index contributed by atoms with van der Waals surface area (Å²) in [5.41, 5.74) is 6.35. The maximum Gasteiger partial charge on any atom is 0.0593 e. The van der Waals surface area contributed by atoms with Crippen molar-refractivity contribution in [3.05, 3.63) is 0 Å². The third-order valence-electron chi connectivity index (χ3n) is 3.54. The van der Waals surface area contributed by atoms with Gasteiger partial charge in [0.2, 0.25) is 0 Å². The van der Waals surface area contributed by atoms with Gasteiger partial charge in [0.15, 0.2) is 0 Å². The summed E-state index contributed by atoms with van der Waals surface area (Å²) in [5, 5.41) is 0. The van der Waals surface area contributed by atoms with Gasteiger partial charge in [-0.05, 0) is 26.7 Å². The van der Waals surface area contributed by atoms with Crippen molar-refractivity contribution >= 4 is 0 Å². The molecular formula is C14H30N2O3. The minimum absolute atomic E-state index is 0.114. The van der Waals surface area contributed by atoms with Gasteiger partial charge >= 0.3 is 0 Å². The van der Waals surface area contributed by atoms with Gasteiger partial charge in [-0.15, -0.1) is 0 Å². The van der Waals surface area contributed by atoms with Crippen molar-refractivity contribution in [2.45, 2.75) is 32.2 Å². The van der Waals surface area contributed by atoms with E-state index in [1.807, 2.05) is 13.8 Å². The van der Waals surface area contributed by atoms with Gasteiger partial charge < -0.3 is 19.9 Å². The van der Waals surface area contributed by atoms with Gasteiger partial charge in [0.05, 0.1) is 13.2 Å². The van der Waals surface area contributed by atoms with Crippen molar-refractivity contribution in [1.29, 1.82) is 0 Å². The van der Waals surface area contributed by atoms with Crippen LogP contribution in [-0.4, -0.2) is 69.7 Å². The van der Waals surface area contributed by atoms with Crippen LogP contribution in [0.15, 0.2) is 0 Å². The molecule has 0 atom stereocenters. The highest BCUT2D eigenvalue weighted by atomic mass is 16.5. The Labute approximate surface area is 117 Å². The minimum Gasteiger partial charge on any atom is -0.381 e. The summed E-state index contributed by atoms with van der Waals surface area (Å²) in [4.78, 5) is 2.36. The molecule has 1 aliphatic heterocycles. The Hall–Kier alpha value is -0.200. The smallest absolute Gasteiger partial charge is 0.0593 e. The summed E-state index contributed by atoms with van der Waals surface area (Å²) >= 11 is 0. The monoisotopic (exact) mass is 274 g/mol. The molecule has 1 rings (SSSR count). The van der Waals surface area contributed by atoms with E-state index in [4.69, 9.17) is 19.9 Å². The number of hydrogen-bond acceptors (Lipinski definition) is 5. The normalized spacial score (nSPS) is 18.9. The van der Waals surface area contributed by atoms with Crippen molar-refractivity contribution in [1.82, 2.24) is 4.90 Å². The zero-order valence-corrected chi connectivity index (χ0v) is 12.5. The van der Waals surface area contributed by atoms with Crippen LogP contribution >= 0.6 is 0 Å². The average Bonchev–Trinajstić information content (AvgIpc) is 2.39. The van der Waals surface area contributed by atoms with Crippen molar-refractivity contribution in [3.8, 4) is 0 Å². The van der Waals surface area contributed by atoms with Crippen LogP contribution in [0, 0.1) is 0 Å². The highest BCUT2D eigenvalue weighted by Crippen LogP contribution is 2.18. The molecule has 0 saturated carbocycles. The lowest BCUT2D eigenvalue weighted by Crippen LogP contribution is -2.54. The predicted octanol–water partition coefficient (Wildman–Crippen LogP) is 0.869. The fourth-order valence-electron chi connectivity index (χ4n) is 2.33. The zero-order valence-electron chi connectivity index (χ0n) is 12.5. The van der Waals surface area contributed by atoms with Crippen LogP contribution in [0.2, 0.25) is 0 Å². The molecule has 0 amide bonds. The minimum atomic E-state index is -0.114. The third-order valence-corrected chi connectivity index (χ3v) is 3.54. The summed E-state index contributed by atoms with van der Waals surface area (Å²) in [6, 6.07) is 0. The SMILES string of the molecule is CCOCCN(CCOCC)CC1(N)CCOCC1. The Morgan fingerprint density at radius 2 is 1.58 bits per heavy atom. The Kier molecular flexibility index (Phi) is 8.57. The number of rotatable bonds is 10. The summed E-state index contributed by atoms with van der Waals surface area (Å²) in [5.74, 6) is 0. The molecule has 2 N–H and O–H groups in total. The highest BCUT2D eigenvalue weighted by molar-refractivity contribution is 4.89. The second-order valence-electron chi connectivity index (χ2n) is 5.14. The van der Waals surface area contributed by atoms with Crippen LogP contribution in [0.3, 0.4) is 0 Å². The lowest BCUT2D eigenvalue weighted by molar-refractivity contribution is 0.0240. The number of hydrogen-bond donors (Lipinski definition) is 1. The lowest BCUT2D eigenvalue weighted by Gasteiger charge is -2.38. The molecule has 0 aromatic heterocycles. The van der Waals surface area contributed by atoms with Crippen molar-refractivity contribution in [2.75, 3.05) is 59.3 Å². The highest BCUT2D eigenvalue weighted by Gasteiger charge is 2.30. The molecule has 0 aromatic carbocycles. The predicted molar refractivity (Wildman–Crippen MR) is 76.4 cm³/mol. The lowest BCUT2D eigenvalue weighted by atomic mass is 9.90. The van der Waals surface area contributed by atoms with E-state index in [9.17, 15) is 0 Å². The van der Waals surface area contributed by atoms with Gasteiger partial charge in [-0.3, -0.25) is 4.90 Å². The van der Waals surface area contributed by atoms with E-state index in [1.165, 1.54) is 0 Å². The standard InChI is InChI=1S/C14H30N2O3/c1-3-17-11-7-16(8-12-18-4-2)13-14(15)5-9-19-10-6-14/h3-13,15H2,1-2H3. The van der Waals surface area contributed by atoms with E-state index in [1.54, 1.807) is 0 Å². The van der Waals surface area contributed by atoms with E-state index in [0.29, 0.717) is 0 Å². The molecule has 0 radical (unpaired) electrons. The van der Waals surface area contributed by atoms with Gasteiger partial charge in [-0.1, -0.05) is 0 Å². The van der Waals surface area contributed by atoms with E-state index < -0.39 is 0 Å². The molecule has 19 heavy (non-hydrogen) atoms. The fraction of sp³-hybridized carbons (Fsp3) is 1.00. The first-order valence-electron chi connectivity index (χ1n) is 7.44. The topological polar surface area (TPSA) is 57.0 Å². The first-order valence-corrected chi connectivity index (χ1v) is 7.44.